The largest absolute Gasteiger partial charge is 0.348 e. The zero-order chi connectivity index (χ0) is 10.3. The number of nitrogens with one attached hydrogen (secondary N) is 1. The second-order valence-corrected chi connectivity index (χ2v) is 4.38. The molecular formula is C13H14N2. The highest BCUT2D eigenvalue weighted by Gasteiger charge is 2.23. The number of benzene rings is 1. The van der Waals surface area contributed by atoms with Gasteiger partial charge in [0.15, 0.2) is 0 Å². The lowest BCUT2D eigenvalue weighted by molar-refractivity contribution is 0.719. The van der Waals surface area contributed by atoms with Crippen LogP contribution >= 0.6 is 0 Å². The molecule has 15 heavy (non-hydrogen) atoms. The van der Waals surface area contributed by atoms with Crippen LogP contribution in [0.1, 0.15) is 28.3 Å². The Balaban J connectivity index is 1.92. The molecule has 1 unspecified atom stereocenters. The number of aromatic amines is 1. The number of aromatic nitrogens is 2. The highest BCUT2D eigenvalue weighted by molar-refractivity contribution is 5.38. The Morgan fingerprint density at radius 3 is 2.93 bits per heavy atom. The lowest BCUT2D eigenvalue weighted by atomic mass is 10.0. The molecule has 0 amide bonds. The summed E-state index contributed by atoms with van der Waals surface area (Å²) in [7, 11) is 0. The fourth-order valence-electron chi connectivity index (χ4n) is 2.46. The number of hydrogen-bond donors (Lipinski definition) is 1. The number of aryl methyl sites for hydroxylation is 1. The Bertz CT molecular complexity index is 471. The average Bonchev–Trinajstić information content (AvgIpc) is 2.84. The molecule has 0 aliphatic heterocycles. The van der Waals surface area contributed by atoms with Crippen LogP contribution in [0.3, 0.4) is 0 Å². The predicted octanol–water partition coefficient (Wildman–Crippen LogP) is 2.60. The number of imidazole rings is 1. The van der Waals surface area contributed by atoms with Gasteiger partial charge in [0, 0.05) is 17.8 Å². The van der Waals surface area contributed by atoms with Gasteiger partial charge < -0.3 is 4.98 Å². The van der Waals surface area contributed by atoms with Crippen molar-refractivity contribution in [3.8, 4) is 0 Å². The summed E-state index contributed by atoms with van der Waals surface area (Å²) >= 11 is 0. The third-order valence-electron chi connectivity index (χ3n) is 3.25. The smallest absolute Gasteiger partial charge is 0.0921 e. The summed E-state index contributed by atoms with van der Waals surface area (Å²) in [6.45, 7) is 2.16. The standard InChI is InChI=1S/C13H14N2/c1-9-2-3-10-5-12(6-11(10)4-9)13-7-14-8-15-13/h2-4,7-8,12H,5-6H2,1H3,(H,14,15). The van der Waals surface area contributed by atoms with Gasteiger partial charge in [-0.15, -0.1) is 0 Å². The van der Waals surface area contributed by atoms with E-state index in [1.54, 1.807) is 6.33 Å². The molecule has 2 nitrogen and oxygen atoms in total. The fourth-order valence-corrected chi connectivity index (χ4v) is 2.46. The summed E-state index contributed by atoms with van der Waals surface area (Å²) < 4.78 is 0. The van der Waals surface area contributed by atoms with Gasteiger partial charge in [-0.2, -0.15) is 0 Å². The van der Waals surface area contributed by atoms with E-state index in [1.165, 1.54) is 22.4 Å². The van der Waals surface area contributed by atoms with Crippen LogP contribution < -0.4 is 0 Å². The van der Waals surface area contributed by atoms with Crippen molar-refractivity contribution >= 4 is 0 Å². The van der Waals surface area contributed by atoms with Crippen molar-refractivity contribution in [1.29, 1.82) is 0 Å². The Hall–Kier alpha value is -1.57. The molecule has 0 bridgehead atoms. The van der Waals surface area contributed by atoms with E-state index in [0.29, 0.717) is 5.92 Å². The van der Waals surface area contributed by atoms with Crippen molar-refractivity contribution in [3.63, 3.8) is 0 Å². The molecule has 76 valence electrons. The third kappa shape index (κ3) is 1.46. The second kappa shape index (κ2) is 3.23. The van der Waals surface area contributed by atoms with Crippen molar-refractivity contribution in [2.45, 2.75) is 25.7 Å². The molecule has 1 aromatic heterocycles. The van der Waals surface area contributed by atoms with Crippen LogP contribution in [-0.4, -0.2) is 9.97 Å². The highest BCUT2D eigenvalue weighted by Crippen LogP contribution is 2.33. The predicted molar refractivity (Wildman–Crippen MR) is 59.9 cm³/mol. The molecule has 2 aromatic rings. The molecule has 1 aliphatic rings. The molecule has 1 atom stereocenters. The van der Waals surface area contributed by atoms with E-state index in [-0.39, 0.29) is 0 Å². The van der Waals surface area contributed by atoms with Crippen LogP contribution in [0.2, 0.25) is 0 Å². The van der Waals surface area contributed by atoms with Crippen LogP contribution in [0.4, 0.5) is 0 Å². The maximum absolute atomic E-state index is 4.09. The Morgan fingerprint density at radius 1 is 1.27 bits per heavy atom. The van der Waals surface area contributed by atoms with Gasteiger partial charge >= 0.3 is 0 Å². The van der Waals surface area contributed by atoms with Gasteiger partial charge in [0.05, 0.1) is 6.33 Å². The molecule has 2 heteroatoms. The number of nitrogens with zero attached hydrogens (tertiary/aromatic N) is 1. The van der Waals surface area contributed by atoms with Crippen molar-refractivity contribution in [2.24, 2.45) is 0 Å². The maximum atomic E-state index is 4.09. The van der Waals surface area contributed by atoms with Crippen molar-refractivity contribution in [2.75, 3.05) is 0 Å². The minimum absolute atomic E-state index is 0.601. The first-order valence-corrected chi connectivity index (χ1v) is 5.39. The molecule has 1 heterocycles. The summed E-state index contributed by atoms with van der Waals surface area (Å²) in [4.78, 5) is 7.31. The van der Waals surface area contributed by atoms with E-state index in [2.05, 4.69) is 35.1 Å². The first-order chi connectivity index (χ1) is 7.33. The fraction of sp³-hybridized carbons (Fsp3) is 0.308. The van der Waals surface area contributed by atoms with Gasteiger partial charge in [0.25, 0.3) is 0 Å². The SMILES string of the molecule is Cc1ccc2c(c1)CC(c1cnc[nH]1)C2. The average molecular weight is 198 g/mol. The van der Waals surface area contributed by atoms with Crippen molar-refractivity contribution in [1.82, 2.24) is 9.97 Å². The first kappa shape index (κ1) is 8.72. The minimum atomic E-state index is 0.601. The van der Waals surface area contributed by atoms with E-state index >= 15 is 0 Å². The summed E-state index contributed by atoms with van der Waals surface area (Å²) in [5.74, 6) is 0.601. The summed E-state index contributed by atoms with van der Waals surface area (Å²) in [5, 5.41) is 0. The molecule has 3 rings (SSSR count). The van der Waals surface area contributed by atoms with Crippen molar-refractivity contribution < 1.29 is 0 Å². The van der Waals surface area contributed by atoms with E-state index < -0.39 is 0 Å². The molecule has 0 spiro atoms. The molecule has 0 saturated carbocycles. The first-order valence-electron chi connectivity index (χ1n) is 5.39. The quantitative estimate of drug-likeness (QED) is 0.749. The van der Waals surface area contributed by atoms with Crippen LogP contribution in [0.25, 0.3) is 0 Å². The maximum Gasteiger partial charge on any atom is 0.0921 e. The second-order valence-electron chi connectivity index (χ2n) is 4.38. The molecule has 0 saturated heterocycles. The van der Waals surface area contributed by atoms with E-state index in [0.717, 1.165) is 12.8 Å². The summed E-state index contributed by atoms with van der Waals surface area (Å²) in [6, 6.07) is 6.78. The van der Waals surface area contributed by atoms with Gasteiger partial charge in [-0.1, -0.05) is 23.8 Å². The van der Waals surface area contributed by atoms with Gasteiger partial charge in [0.2, 0.25) is 0 Å². The lowest BCUT2D eigenvalue weighted by Crippen LogP contribution is -1.97. The molecule has 1 aromatic carbocycles. The highest BCUT2D eigenvalue weighted by atomic mass is 14.9. The zero-order valence-electron chi connectivity index (χ0n) is 8.83. The molecule has 1 N–H and O–H groups in total. The van der Waals surface area contributed by atoms with Gasteiger partial charge in [0.1, 0.15) is 0 Å². The van der Waals surface area contributed by atoms with Crippen molar-refractivity contribution in [3.05, 3.63) is 53.1 Å². The number of hydrogen-bond acceptors (Lipinski definition) is 1. The summed E-state index contributed by atoms with van der Waals surface area (Å²) in [6.07, 6.45) is 6.02. The Labute approximate surface area is 89.4 Å². The third-order valence-corrected chi connectivity index (χ3v) is 3.25. The number of rotatable bonds is 1. The van der Waals surface area contributed by atoms with E-state index in [4.69, 9.17) is 0 Å². The van der Waals surface area contributed by atoms with Crippen LogP contribution in [0.5, 0.6) is 0 Å². The van der Waals surface area contributed by atoms with Gasteiger partial charge in [-0.25, -0.2) is 4.98 Å². The van der Waals surface area contributed by atoms with Crippen LogP contribution in [0, 0.1) is 6.92 Å². The normalized spacial score (nSPS) is 19.1. The topological polar surface area (TPSA) is 28.7 Å². The zero-order valence-corrected chi connectivity index (χ0v) is 8.83. The Kier molecular flexibility index (Phi) is 1.88. The lowest BCUT2D eigenvalue weighted by Gasteiger charge is -2.04. The number of H-pyrrole nitrogens is 1. The number of fused-ring (bicyclic) bond motifs is 1. The van der Waals surface area contributed by atoms with Gasteiger partial charge in [-0.3, -0.25) is 0 Å². The van der Waals surface area contributed by atoms with Gasteiger partial charge in [-0.05, 0) is 30.9 Å². The molecular weight excluding hydrogens is 184 g/mol. The molecule has 0 radical (unpaired) electrons. The minimum Gasteiger partial charge on any atom is -0.348 e. The summed E-state index contributed by atoms with van der Waals surface area (Å²) in [5.41, 5.74) is 5.64. The van der Waals surface area contributed by atoms with Crippen LogP contribution in [0.15, 0.2) is 30.7 Å². The molecule has 1 aliphatic carbocycles. The Morgan fingerprint density at radius 2 is 2.13 bits per heavy atom. The van der Waals surface area contributed by atoms with Crippen LogP contribution in [-0.2, 0) is 12.8 Å². The van der Waals surface area contributed by atoms with E-state index in [9.17, 15) is 0 Å². The monoisotopic (exact) mass is 198 g/mol. The molecule has 0 fully saturated rings. The van der Waals surface area contributed by atoms with E-state index in [1.807, 2.05) is 6.20 Å².